The maximum Gasteiger partial charge on any atom is 0.318 e. The number of nitrogens with zero attached hydrogens (tertiary/aromatic N) is 3. The van der Waals surface area contributed by atoms with Gasteiger partial charge >= 0.3 is 6.03 Å². The highest BCUT2D eigenvalue weighted by atomic mass is 35.5. The van der Waals surface area contributed by atoms with Crippen LogP contribution in [0.1, 0.15) is 45.0 Å². The highest BCUT2D eigenvalue weighted by Gasteiger charge is 2.33. The average Bonchev–Trinajstić information content (AvgIpc) is 3.15. The molecule has 2 heterocycles. The van der Waals surface area contributed by atoms with Crippen molar-refractivity contribution in [3.05, 3.63) is 58.9 Å². The van der Waals surface area contributed by atoms with E-state index in [1.54, 1.807) is 4.90 Å². The molecule has 1 aliphatic rings. The lowest BCUT2D eigenvalue weighted by Gasteiger charge is -2.38. The fourth-order valence-electron chi connectivity index (χ4n) is 3.90. The van der Waals surface area contributed by atoms with Crippen molar-refractivity contribution in [2.24, 2.45) is 5.92 Å². The van der Waals surface area contributed by atoms with Crippen molar-refractivity contribution >= 4 is 23.5 Å². The number of amides is 3. The number of benzene rings is 1. The molecule has 0 saturated heterocycles. The summed E-state index contributed by atoms with van der Waals surface area (Å²) in [5.74, 6) is 0.211. The molecule has 6 nitrogen and oxygen atoms in total. The van der Waals surface area contributed by atoms with Crippen molar-refractivity contribution in [3.63, 3.8) is 0 Å². The van der Waals surface area contributed by atoms with E-state index in [2.05, 4.69) is 16.0 Å². The second kappa shape index (κ2) is 9.56. The molecule has 0 fully saturated rings. The van der Waals surface area contributed by atoms with Gasteiger partial charge in [-0.1, -0.05) is 37.6 Å². The van der Waals surface area contributed by atoms with Crippen molar-refractivity contribution < 1.29 is 9.59 Å². The van der Waals surface area contributed by atoms with Crippen LogP contribution in [0.3, 0.4) is 0 Å². The lowest BCUT2D eigenvalue weighted by molar-refractivity contribution is -0.134. The van der Waals surface area contributed by atoms with Crippen LogP contribution < -0.4 is 5.32 Å². The molecule has 1 atom stereocenters. The Bertz CT molecular complexity index is 876. The molecule has 30 heavy (non-hydrogen) atoms. The van der Waals surface area contributed by atoms with Crippen LogP contribution in [0.15, 0.2) is 42.6 Å². The first-order chi connectivity index (χ1) is 14.3. The van der Waals surface area contributed by atoms with Crippen LogP contribution in [0.25, 0.3) is 0 Å². The molecular weight excluding hydrogens is 400 g/mol. The van der Waals surface area contributed by atoms with Crippen LogP contribution in [0.2, 0.25) is 5.02 Å². The maximum absolute atomic E-state index is 13.4. The molecule has 1 aromatic heterocycles. The number of urea groups is 1. The van der Waals surface area contributed by atoms with Gasteiger partial charge in [0.2, 0.25) is 5.91 Å². The van der Waals surface area contributed by atoms with Crippen LogP contribution in [-0.4, -0.2) is 52.0 Å². The van der Waals surface area contributed by atoms with Gasteiger partial charge in [0.15, 0.2) is 0 Å². The van der Waals surface area contributed by atoms with Gasteiger partial charge in [-0.3, -0.25) is 4.79 Å². The number of hydrogen-bond donors (Lipinski definition) is 1. The van der Waals surface area contributed by atoms with E-state index in [1.165, 1.54) is 0 Å². The number of carbonyl (C=O) groups excluding carboxylic acids is 2. The van der Waals surface area contributed by atoms with Crippen molar-refractivity contribution in [1.29, 1.82) is 0 Å². The van der Waals surface area contributed by atoms with Crippen molar-refractivity contribution in [1.82, 2.24) is 19.7 Å². The smallest absolute Gasteiger partial charge is 0.318 e. The lowest BCUT2D eigenvalue weighted by atomic mass is 9.99. The number of rotatable bonds is 6. The van der Waals surface area contributed by atoms with E-state index in [1.807, 2.05) is 69.1 Å². The minimum absolute atomic E-state index is 0.0161. The van der Waals surface area contributed by atoms with Gasteiger partial charge in [0, 0.05) is 42.6 Å². The van der Waals surface area contributed by atoms with E-state index >= 15 is 0 Å². The Kier molecular flexibility index (Phi) is 7.08. The zero-order chi connectivity index (χ0) is 21.8. The van der Waals surface area contributed by atoms with Crippen molar-refractivity contribution in [2.75, 3.05) is 19.6 Å². The summed E-state index contributed by atoms with van der Waals surface area (Å²) in [6.07, 6.45) is 2.04. The zero-order valence-electron chi connectivity index (χ0n) is 18.1. The Morgan fingerprint density at radius 3 is 2.47 bits per heavy atom. The predicted octanol–water partition coefficient (Wildman–Crippen LogP) is 4.15. The summed E-state index contributed by atoms with van der Waals surface area (Å²) in [4.78, 5) is 29.6. The number of aromatic nitrogens is 1. The number of nitrogens with one attached hydrogen (secondary N) is 1. The molecule has 3 rings (SSSR count). The minimum Gasteiger partial charge on any atom is -0.348 e. The minimum atomic E-state index is -0.201. The Morgan fingerprint density at radius 1 is 1.13 bits per heavy atom. The Hall–Kier alpha value is -2.47. The van der Waals surface area contributed by atoms with Gasteiger partial charge in [-0.15, -0.1) is 0 Å². The molecular formula is C23H31ClN4O2. The van der Waals surface area contributed by atoms with E-state index in [0.717, 1.165) is 17.8 Å². The van der Waals surface area contributed by atoms with E-state index in [0.29, 0.717) is 18.1 Å². The summed E-state index contributed by atoms with van der Waals surface area (Å²) in [6.45, 7) is 9.84. The number of fused-ring (bicyclic) bond motifs is 1. The highest BCUT2D eigenvalue weighted by molar-refractivity contribution is 6.30. The lowest BCUT2D eigenvalue weighted by Crippen LogP contribution is -2.51. The first kappa shape index (κ1) is 22.2. The Labute approximate surface area is 183 Å². The Balaban J connectivity index is 1.86. The molecule has 1 aromatic carbocycles. The molecule has 0 unspecified atom stereocenters. The summed E-state index contributed by atoms with van der Waals surface area (Å²) in [6, 6.07) is 11.3. The first-order valence-corrected chi connectivity index (χ1v) is 10.9. The molecule has 0 spiro atoms. The van der Waals surface area contributed by atoms with Gasteiger partial charge in [0.05, 0.1) is 6.04 Å². The summed E-state index contributed by atoms with van der Waals surface area (Å²) in [7, 11) is 0. The molecule has 7 heteroatoms. The van der Waals surface area contributed by atoms with E-state index < -0.39 is 0 Å². The predicted molar refractivity (Wildman–Crippen MR) is 120 cm³/mol. The highest BCUT2D eigenvalue weighted by Crippen LogP contribution is 2.33. The largest absolute Gasteiger partial charge is 0.348 e. The average molecular weight is 431 g/mol. The molecule has 0 radical (unpaired) electrons. The SMILES string of the molecule is CC(C)CN(CC(=O)N1CCn2cccc2[C@@H]1c1ccc(Cl)cc1)C(=O)NC(C)C. The second-order valence-electron chi connectivity index (χ2n) is 8.55. The van der Waals surface area contributed by atoms with Gasteiger partial charge in [0.1, 0.15) is 6.54 Å². The quantitative estimate of drug-likeness (QED) is 0.748. The first-order valence-electron chi connectivity index (χ1n) is 10.5. The topological polar surface area (TPSA) is 57.6 Å². The molecule has 3 amide bonds. The molecule has 2 aromatic rings. The summed E-state index contributed by atoms with van der Waals surface area (Å²) in [5.41, 5.74) is 2.08. The third kappa shape index (κ3) is 5.17. The van der Waals surface area contributed by atoms with Gasteiger partial charge in [-0.2, -0.15) is 0 Å². The maximum atomic E-state index is 13.4. The van der Waals surface area contributed by atoms with Crippen LogP contribution in [-0.2, 0) is 11.3 Å². The van der Waals surface area contributed by atoms with Gasteiger partial charge in [-0.25, -0.2) is 4.79 Å². The molecule has 0 bridgehead atoms. The standard InChI is InChI=1S/C23H31ClN4O2/c1-16(2)14-27(23(30)25-17(3)4)15-21(29)28-13-12-26-11-5-6-20(26)22(28)18-7-9-19(24)10-8-18/h5-11,16-17,22H,12-15H2,1-4H3,(H,25,30)/t22-/m0/s1. The van der Waals surface area contributed by atoms with E-state index in [4.69, 9.17) is 11.6 Å². The van der Waals surface area contributed by atoms with Crippen LogP contribution in [0, 0.1) is 5.92 Å². The van der Waals surface area contributed by atoms with E-state index in [-0.39, 0.29) is 36.5 Å². The third-order valence-corrected chi connectivity index (χ3v) is 5.41. The van der Waals surface area contributed by atoms with Gasteiger partial charge in [-0.05, 0) is 49.6 Å². The van der Waals surface area contributed by atoms with Crippen LogP contribution >= 0.6 is 11.6 Å². The summed E-state index contributed by atoms with van der Waals surface area (Å²) >= 11 is 6.09. The number of hydrogen-bond acceptors (Lipinski definition) is 2. The van der Waals surface area contributed by atoms with Crippen LogP contribution in [0.4, 0.5) is 4.79 Å². The number of carbonyl (C=O) groups is 2. The number of halogens is 1. The third-order valence-electron chi connectivity index (χ3n) is 5.16. The van der Waals surface area contributed by atoms with Gasteiger partial charge in [0.25, 0.3) is 0 Å². The summed E-state index contributed by atoms with van der Waals surface area (Å²) in [5, 5.41) is 3.58. The second-order valence-corrected chi connectivity index (χ2v) is 8.98. The van der Waals surface area contributed by atoms with Gasteiger partial charge < -0.3 is 19.7 Å². The zero-order valence-corrected chi connectivity index (χ0v) is 18.9. The molecule has 1 aliphatic heterocycles. The molecule has 162 valence electrons. The summed E-state index contributed by atoms with van der Waals surface area (Å²) < 4.78 is 2.18. The molecule has 0 aliphatic carbocycles. The fourth-order valence-corrected chi connectivity index (χ4v) is 4.03. The van der Waals surface area contributed by atoms with E-state index in [9.17, 15) is 9.59 Å². The normalized spacial score (nSPS) is 16.0. The molecule has 1 N–H and O–H groups in total. The van der Waals surface area contributed by atoms with Crippen molar-refractivity contribution in [2.45, 2.75) is 46.3 Å². The Morgan fingerprint density at radius 2 is 1.83 bits per heavy atom. The van der Waals surface area contributed by atoms with Crippen LogP contribution in [0.5, 0.6) is 0 Å². The molecule has 0 saturated carbocycles. The fraction of sp³-hybridized carbons (Fsp3) is 0.478. The van der Waals surface area contributed by atoms with Crippen molar-refractivity contribution in [3.8, 4) is 0 Å². The monoisotopic (exact) mass is 430 g/mol.